The number of aromatic nitrogens is 2. The molecule has 3 aromatic rings. The van der Waals surface area contributed by atoms with Gasteiger partial charge in [-0.15, -0.1) is 0 Å². The van der Waals surface area contributed by atoms with E-state index in [1.54, 1.807) is 12.1 Å². The third-order valence-electron chi connectivity index (χ3n) is 5.21. The number of carbonyl (C=O) groups is 1. The number of esters is 1. The van der Waals surface area contributed by atoms with Crippen molar-refractivity contribution in [2.75, 3.05) is 30.4 Å². The molecule has 2 aliphatic heterocycles. The second-order valence-electron chi connectivity index (χ2n) is 6.63. The van der Waals surface area contributed by atoms with Crippen LogP contribution in [0.25, 0.3) is 11.0 Å². The van der Waals surface area contributed by atoms with Gasteiger partial charge in [0.1, 0.15) is 0 Å². The van der Waals surface area contributed by atoms with Gasteiger partial charge in [-0.05, 0) is 35.7 Å². The Hall–Kier alpha value is -3.15. The van der Waals surface area contributed by atoms with Crippen molar-refractivity contribution in [3.05, 3.63) is 59.2 Å². The summed E-state index contributed by atoms with van der Waals surface area (Å²) in [5, 5.41) is 3.44. The Morgan fingerprint density at radius 2 is 2.08 bits per heavy atom. The lowest BCUT2D eigenvalue weighted by Crippen LogP contribution is -2.43. The van der Waals surface area contributed by atoms with Gasteiger partial charge < -0.3 is 15.0 Å². The van der Waals surface area contributed by atoms with Gasteiger partial charge in [0.2, 0.25) is 0 Å². The number of benzene rings is 2. The fourth-order valence-electron chi connectivity index (χ4n) is 3.93. The molecule has 0 bridgehead atoms. The van der Waals surface area contributed by atoms with Crippen LogP contribution in [0, 0.1) is 0 Å². The molecule has 0 spiro atoms. The lowest BCUT2D eigenvalue weighted by atomic mass is 9.91. The molecule has 0 aliphatic carbocycles. The average molecular weight is 346 g/mol. The fourth-order valence-corrected chi connectivity index (χ4v) is 3.93. The molecule has 2 aliphatic rings. The lowest BCUT2D eigenvalue weighted by Gasteiger charge is -2.42. The minimum atomic E-state index is -0.366. The zero-order chi connectivity index (χ0) is 17.7. The van der Waals surface area contributed by atoms with E-state index in [9.17, 15) is 4.79 Å². The molecule has 0 saturated heterocycles. The Labute approximate surface area is 150 Å². The van der Waals surface area contributed by atoms with Crippen molar-refractivity contribution in [2.45, 2.75) is 12.5 Å². The number of carbonyl (C=O) groups excluding carboxylic acids is 1. The molecule has 1 unspecified atom stereocenters. The Morgan fingerprint density at radius 1 is 1.19 bits per heavy atom. The Morgan fingerprint density at radius 3 is 2.96 bits per heavy atom. The number of ether oxygens (including phenoxy) is 1. The average Bonchev–Trinajstić information content (AvgIpc) is 2.70. The van der Waals surface area contributed by atoms with Gasteiger partial charge in [0.05, 0.1) is 29.7 Å². The Balaban J connectivity index is 1.62. The molecule has 0 radical (unpaired) electrons. The highest BCUT2D eigenvalue weighted by Crippen LogP contribution is 2.39. The predicted octanol–water partition coefficient (Wildman–Crippen LogP) is 2.95. The highest BCUT2D eigenvalue weighted by Gasteiger charge is 2.33. The first-order valence-corrected chi connectivity index (χ1v) is 8.73. The number of fused-ring (bicyclic) bond motifs is 6. The SMILES string of the molecule is COC(=O)c1ccc2nc3c(nc2c1)N1CCc2ccccc2C1CN3. The summed E-state index contributed by atoms with van der Waals surface area (Å²) in [6.45, 7) is 1.72. The molecule has 0 saturated carbocycles. The van der Waals surface area contributed by atoms with E-state index in [0.29, 0.717) is 11.1 Å². The lowest BCUT2D eigenvalue weighted by molar-refractivity contribution is 0.0601. The van der Waals surface area contributed by atoms with Crippen molar-refractivity contribution in [1.82, 2.24) is 9.97 Å². The number of nitrogens with one attached hydrogen (secondary N) is 1. The largest absolute Gasteiger partial charge is 0.465 e. The summed E-state index contributed by atoms with van der Waals surface area (Å²) < 4.78 is 4.81. The van der Waals surface area contributed by atoms with Gasteiger partial charge in [-0.25, -0.2) is 14.8 Å². The molecule has 130 valence electrons. The second kappa shape index (κ2) is 5.69. The summed E-state index contributed by atoms with van der Waals surface area (Å²) >= 11 is 0. The zero-order valence-electron chi connectivity index (χ0n) is 14.4. The third-order valence-corrected chi connectivity index (χ3v) is 5.21. The summed E-state index contributed by atoms with van der Waals surface area (Å²) in [7, 11) is 1.38. The predicted molar refractivity (Wildman–Crippen MR) is 99.6 cm³/mol. The maximum absolute atomic E-state index is 11.8. The standard InChI is InChI=1S/C20H18N4O2/c1-26-20(25)13-6-7-15-16(10-13)23-19-18(22-15)21-11-17-14-5-3-2-4-12(14)8-9-24(17)19/h2-7,10,17H,8-9,11H2,1H3,(H,21,22). The summed E-state index contributed by atoms with van der Waals surface area (Å²) in [5.74, 6) is 1.29. The van der Waals surface area contributed by atoms with Crippen LogP contribution in [0.5, 0.6) is 0 Å². The summed E-state index contributed by atoms with van der Waals surface area (Å²) in [6.07, 6.45) is 0.994. The van der Waals surface area contributed by atoms with Crippen molar-refractivity contribution in [2.24, 2.45) is 0 Å². The fraction of sp³-hybridized carbons (Fsp3) is 0.250. The van der Waals surface area contributed by atoms with E-state index < -0.39 is 0 Å². The van der Waals surface area contributed by atoms with Crippen LogP contribution < -0.4 is 10.2 Å². The van der Waals surface area contributed by atoms with Gasteiger partial charge in [-0.2, -0.15) is 0 Å². The molecular formula is C20H18N4O2. The van der Waals surface area contributed by atoms with E-state index in [1.165, 1.54) is 18.2 Å². The topological polar surface area (TPSA) is 67.3 Å². The maximum atomic E-state index is 11.8. The van der Waals surface area contributed by atoms with Crippen LogP contribution in [-0.4, -0.2) is 36.1 Å². The van der Waals surface area contributed by atoms with Crippen LogP contribution in [0.3, 0.4) is 0 Å². The van der Waals surface area contributed by atoms with E-state index in [-0.39, 0.29) is 12.0 Å². The van der Waals surface area contributed by atoms with Gasteiger partial charge in [0.15, 0.2) is 11.6 Å². The molecular weight excluding hydrogens is 328 g/mol. The minimum absolute atomic E-state index is 0.253. The van der Waals surface area contributed by atoms with Crippen LogP contribution in [0.2, 0.25) is 0 Å². The molecule has 26 heavy (non-hydrogen) atoms. The number of nitrogens with zero attached hydrogens (tertiary/aromatic N) is 3. The monoisotopic (exact) mass is 346 g/mol. The molecule has 3 heterocycles. The smallest absolute Gasteiger partial charge is 0.337 e. The van der Waals surface area contributed by atoms with Crippen molar-refractivity contribution < 1.29 is 9.53 Å². The summed E-state index contributed by atoms with van der Waals surface area (Å²) in [4.78, 5) is 23.7. The van der Waals surface area contributed by atoms with Crippen LogP contribution in [-0.2, 0) is 11.2 Å². The summed E-state index contributed by atoms with van der Waals surface area (Å²) in [5.41, 5.74) is 4.70. The van der Waals surface area contributed by atoms with E-state index in [4.69, 9.17) is 14.7 Å². The molecule has 0 fully saturated rings. The van der Waals surface area contributed by atoms with E-state index in [2.05, 4.69) is 34.5 Å². The van der Waals surface area contributed by atoms with Crippen molar-refractivity contribution >= 4 is 28.6 Å². The quantitative estimate of drug-likeness (QED) is 0.684. The van der Waals surface area contributed by atoms with Crippen molar-refractivity contribution in [3.8, 4) is 0 Å². The van der Waals surface area contributed by atoms with E-state index >= 15 is 0 Å². The van der Waals surface area contributed by atoms with Gasteiger partial charge in [0.25, 0.3) is 0 Å². The van der Waals surface area contributed by atoms with Gasteiger partial charge in [-0.1, -0.05) is 24.3 Å². The van der Waals surface area contributed by atoms with Gasteiger partial charge in [0, 0.05) is 13.1 Å². The molecule has 6 heteroatoms. The van der Waals surface area contributed by atoms with Crippen molar-refractivity contribution in [1.29, 1.82) is 0 Å². The molecule has 1 aromatic heterocycles. The molecule has 1 N–H and O–H groups in total. The number of hydrogen-bond donors (Lipinski definition) is 1. The molecule has 1 atom stereocenters. The Kier molecular flexibility index (Phi) is 3.31. The zero-order valence-corrected chi connectivity index (χ0v) is 14.4. The number of hydrogen-bond acceptors (Lipinski definition) is 6. The van der Waals surface area contributed by atoms with E-state index in [1.807, 2.05) is 6.07 Å². The maximum Gasteiger partial charge on any atom is 0.337 e. The second-order valence-corrected chi connectivity index (χ2v) is 6.63. The molecule has 2 aromatic carbocycles. The first-order chi connectivity index (χ1) is 12.7. The number of anilines is 2. The van der Waals surface area contributed by atoms with Crippen LogP contribution >= 0.6 is 0 Å². The number of rotatable bonds is 1. The van der Waals surface area contributed by atoms with Crippen molar-refractivity contribution in [3.63, 3.8) is 0 Å². The normalized spacial score (nSPS) is 17.7. The minimum Gasteiger partial charge on any atom is -0.465 e. The first-order valence-electron chi connectivity index (χ1n) is 8.73. The van der Waals surface area contributed by atoms with Crippen LogP contribution in [0.1, 0.15) is 27.5 Å². The summed E-state index contributed by atoms with van der Waals surface area (Å²) in [6, 6.07) is 14.1. The first kappa shape index (κ1) is 15.1. The van der Waals surface area contributed by atoms with E-state index in [0.717, 1.165) is 36.7 Å². The molecule has 0 amide bonds. The molecule has 5 rings (SSSR count). The van der Waals surface area contributed by atoms with Gasteiger partial charge in [-0.3, -0.25) is 0 Å². The number of methoxy groups -OCH3 is 1. The third kappa shape index (κ3) is 2.22. The highest BCUT2D eigenvalue weighted by molar-refractivity contribution is 5.94. The van der Waals surface area contributed by atoms with Gasteiger partial charge >= 0.3 is 5.97 Å². The highest BCUT2D eigenvalue weighted by atomic mass is 16.5. The molecule has 6 nitrogen and oxygen atoms in total. The Bertz CT molecular complexity index is 1030. The van der Waals surface area contributed by atoms with Crippen LogP contribution in [0.4, 0.5) is 11.6 Å². The van der Waals surface area contributed by atoms with Crippen LogP contribution in [0.15, 0.2) is 42.5 Å².